The Morgan fingerprint density at radius 1 is 1.29 bits per heavy atom. The first-order valence-corrected chi connectivity index (χ1v) is 9.40. The van der Waals surface area contributed by atoms with Gasteiger partial charge in [-0.25, -0.2) is 0 Å². The Bertz CT molecular complexity index is 905. The van der Waals surface area contributed by atoms with E-state index < -0.39 is 0 Å². The number of hydrogen-bond donors (Lipinski definition) is 0. The Morgan fingerprint density at radius 3 is 2.86 bits per heavy atom. The molecule has 0 radical (unpaired) electrons. The van der Waals surface area contributed by atoms with Crippen LogP contribution < -0.4 is 0 Å². The molecule has 1 aromatic carbocycles. The highest BCUT2D eigenvalue weighted by Gasteiger charge is 2.23. The first-order chi connectivity index (χ1) is 13.7. The van der Waals surface area contributed by atoms with Crippen molar-refractivity contribution >= 4 is 5.91 Å². The molecule has 0 N–H and O–H groups in total. The van der Waals surface area contributed by atoms with Crippen molar-refractivity contribution in [2.75, 3.05) is 19.7 Å². The summed E-state index contributed by atoms with van der Waals surface area (Å²) >= 11 is 0. The van der Waals surface area contributed by atoms with Gasteiger partial charge in [-0.1, -0.05) is 12.1 Å². The minimum atomic E-state index is -0.0449. The lowest BCUT2D eigenvalue weighted by Gasteiger charge is -2.24. The van der Waals surface area contributed by atoms with Gasteiger partial charge in [-0.05, 0) is 47.5 Å². The molecule has 4 rings (SSSR count). The molecule has 1 saturated heterocycles. The second kappa shape index (κ2) is 8.30. The molecule has 28 heavy (non-hydrogen) atoms. The lowest BCUT2D eigenvalue weighted by molar-refractivity contribution is -0.131. The van der Waals surface area contributed by atoms with Crippen molar-refractivity contribution in [1.29, 1.82) is 0 Å². The average molecular weight is 381 g/mol. The van der Waals surface area contributed by atoms with Crippen LogP contribution in [0.15, 0.2) is 42.7 Å². The Labute approximate surface area is 162 Å². The molecule has 1 fully saturated rings. The van der Waals surface area contributed by atoms with Gasteiger partial charge in [0.05, 0.1) is 24.8 Å². The van der Waals surface area contributed by atoms with Crippen LogP contribution in [0.5, 0.6) is 0 Å². The number of benzene rings is 1. The van der Waals surface area contributed by atoms with Crippen LogP contribution >= 0.6 is 0 Å². The third kappa shape index (κ3) is 4.25. The summed E-state index contributed by atoms with van der Waals surface area (Å²) in [6, 6.07) is 9.64. The van der Waals surface area contributed by atoms with E-state index >= 15 is 0 Å². The Morgan fingerprint density at radius 2 is 2.14 bits per heavy atom. The fourth-order valence-electron chi connectivity index (χ4n) is 3.36. The highest BCUT2D eigenvalue weighted by Crippen LogP contribution is 2.13. The topological polar surface area (TPSA) is 91.0 Å². The van der Waals surface area contributed by atoms with Gasteiger partial charge in [0.2, 0.25) is 5.91 Å². The van der Waals surface area contributed by atoms with E-state index in [4.69, 9.17) is 4.74 Å². The summed E-state index contributed by atoms with van der Waals surface area (Å²) in [6.07, 6.45) is 4.83. The second-order valence-electron chi connectivity index (χ2n) is 6.90. The van der Waals surface area contributed by atoms with Crippen molar-refractivity contribution in [3.8, 4) is 5.69 Å². The first-order valence-electron chi connectivity index (χ1n) is 9.40. The predicted octanol–water partition coefficient (Wildman–Crippen LogP) is 1.03. The molecule has 9 nitrogen and oxygen atoms in total. The van der Waals surface area contributed by atoms with Gasteiger partial charge < -0.3 is 9.64 Å². The molecule has 0 spiro atoms. The zero-order valence-corrected chi connectivity index (χ0v) is 15.8. The van der Waals surface area contributed by atoms with Crippen LogP contribution in [0.4, 0.5) is 0 Å². The monoisotopic (exact) mass is 381 g/mol. The third-order valence-corrected chi connectivity index (χ3v) is 4.81. The van der Waals surface area contributed by atoms with Crippen molar-refractivity contribution in [1.82, 2.24) is 34.9 Å². The highest BCUT2D eigenvalue weighted by atomic mass is 16.5. The number of rotatable bonds is 5. The Balaban J connectivity index is 1.38. The minimum Gasteiger partial charge on any atom is -0.374 e. The summed E-state index contributed by atoms with van der Waals surface area (Å²) in [6.45, 7) is 4.46. The van der Waals surface area contributed by atoms with Crippen LogP contribution in [0.3, 0.4) is 0 Å². The number of aromatic nitrogens is 6. The normalized spacial score (nSPS) is 17.5. The lowest BCUT2D eigenvalue weighted by Crippen LogP contribution is -2.39. The average Bonchev–Trinajstić information content (AvgIpc) is 3.30. The first kappa shape index (κ1) is 18.3. The predicted molar refractivity (Wildman–Crippen MR) is 101 cm³/mol. The summed E-state index contributed by atoms with van der Waals surface area (Å²) < 4.78 is 9.41. The number of aryl methyl sites for hydroxylation is 1. The van der Waals surface area contributed by atoms with Gasteiger partial charge in [-0.3, -0.25) is 9.48 Å². The largest absolute Gasteiger partial charge is 0.374 e. The van der Waals surface area contributed by atoms with Crippen LogP contribution in [0, 0.1) is 6.92 Å². The van der Waals surface area contributed by atoms with E-state index in [0.29, 0.717) is 26.1 Å². The van der Waals surface area contributed by atoms with Crippen molar-refractivity contribution in [3.63, 3.8) is 0 Å². The highest BCUT2D eigenvalue weighted by molar-refractivity contribution is 5.78. The summed E-state index contributed by atoms with van der Waals surface area (Å²) in [5.74, 6) is 0.832. The molecule has 1 aliphatic rings. The molecule has 3 aromatic rings. The summed E-state index contributed by atoms with van der Waals surface area (Å²) in [5, 5.41) is 15.7. The molecule has 0 unspecified atom stereocenters. The number of amides is 1. The quantitative estimate of drug-likeness (QED) is 0.656. The van der Waals surface area contributed by atoms with Crippen LogP contribution in [0.25, 0.3) is 5.69 Å². The van der Waals surface area contributed by atoms with E-state index in [2.05, 4.69) is 20.6 Å². The summed E-state index contributed by atoms with van der Waals surface area (Å²) in [4.78, 5) is 14.7. The fraction of sp³-hybridized carbons (Fsp3) is 0.421. The maximum atomic E-state index is 12.8. The molecule has 0 aliphatic carbocycles. The molecule has 1 amide bonds. The van der Waals surface area contributed by atoms with Gasteiger partial charge in [0.15, 0.2) is 5.82 Å². The van der Waals surface area contributed by atoms with Gasteiger partial charge in [0.1, 0.15) is 0 Å². The second-order valence-corrected chi connectivity index (χ2v) is 6.90. The fourth-order valence-corrected chi connectivity index (χ4v) is 3.36. The van der Waals surface area contributed by atoms with Gasteiger partial charge >= 0.3 is 0 Å². The summed E-state index contributed by atoms with van der Waals surface area (Å²) in [7, 11) is 0. The number of ether oxygens (including phenoxy) is 1. The molecule has 0 saturated carbocycles. The third-order valence-electron chi connectivity index (χ3n) is 4.81. The van der Waals surface area contributed by atoms with Crippen molar-refractivity contribution < 1.29 is 9.53 Å². The number of carbonyl (C=O) groups is 1. The maximum Gasteiger partial charge on any atom is 0.227 e. The number of carbonyl (C=O) groups excluding carboxylic acids is 1. The van der Waals surface area contributed by atoms with Crippen LogP contribution in [-0.2, 0) is 22.5 Å². The van der Waals surface area contributed by atoms with Crippen molar-refractivity contribution in [2.24, 2.45) is 0 Å². The van der Waals surface area contributed by atoms with E-state index in [1.165, 1.54) is 0 Å². The molecule has 0 bridgehead atoms. The summed E-state index contributed by atoms with van der Waals surface area (Å²) in [5.41, 5.74) is 1.84. The van der Waals surface area contributed by atoms with Crippen LogP contribution in [0.1, 0.15) is 17.8 Å². The zero-order valence-electron chi connectivity index (χ0n) is 15.8. The van der Waals surface area contributed by atoms with E-state index in [1.54, 1.807) is 10.9 Å². The van der Waals surface area contributed by atoms with Crippen molar-refractivity contribution in [2.45, 2.75) is 32.4 Å². The molecule has 9 heteroatoms. The zero-order chi connectivity index (χ0) is 19.3. The van der Waals surface area contributed by atoms with E-state index in [-0.39, 0.29) is 12.0 Å². The van der Waals surface area contributed by atoms with Gasteiger partial charge in [0, 0.05) is 32.1 Å². The number of nitrogens with zero attached hydrogens (tertiary/aromatic N) is 7. The Kier molecular flexibility index (Phi) is 5.43. The minimum absolute atomic E-state index is 0.0449. The van der Waals surface area contributed by atoms with Crippen LogP contribution in [0.2, 0.25) is 0 Å². The smallest absolute Gasteiger partial charge is 0.227 e. The molecule has 1 aliphatic heterocycles. The van der Waals surface area contributed by atoms with E-state index in [1.807, 2.05) is 53.0 Å². The van der Waals surface area contributed by atoms with Crippen LogP contribution in [-0.4, -0.2) is 66.6 Å². The van der Waals surface area contributed by atoms with Crippen molar-refractivity contribution in [3.05, 3.63) is 54.1 Å². The molecule has 146 valence electrons. The SMILES string of the molecule is Cc1nnnn1-c1ccc(CC(=O)N2CCCO[C@@H](Cn3cccn3)C2)cc1. The molecule has 3 heterocycles. The van der Waals surface area contributed by atoms with E-state index in [9.17, 15) is 4.79 Å². The maximum absolute atomic E-state index is 12.8. The van der Waals surface area contributed by atoms with Gasteiger partial charge in [0.25, 0.3) is 0 Å². The van der Waals surface area contributed by atoms with E-state index in [0.717, 1.165) is 30.0 Å². The Hall–Kier alpha value is -3.07. The number of hydrogen-bond acceptors (Lipinski definition) is 6. The lowest BCUT2D eigenvalue weighted by atomic mass is 10.1. The molecule has 2 aromatic heterocycles. The standard InChI is InChI=1S/C19H23N7O2/c1-15-21-22-23-26(15)17-6-4-16(5-7-17)12-19(27)24-9-3-11-28-18(13-24)14-25-10-2-8-20-25/h2,4-8,10,18H,3,9,11-14H2,1H3/t18-/m1/s1. The molecular formula is C19H23N7O2. The van der Waals surface area contributed by atoms with Gasteiger partial charge in [-0.2, -0.15) is 9.78 Å². The molecular weight excluding hydrogens is 358 g/mol. The molecule has 1 atom stereocenters. The number of tetrazole rings is 1. The van der Waals surface area contributed by atoms with Gasteiger partial charge in [-0.15, -0.1) is 5.10 Å².